The van der Waals surface area contributed by atoms with E-state index in [9.17, 15) is 9.59 Å². The highest BCUT2D eigenvalue weighted by Crippen LogP contribution is 2.45. The molecule has 0 N–H and O–H groups in total. The molecule has 0 aromatic heterocycles. The number of hydrogen-bond donors (Lipinski definition) is 0. The lowest BCUT2D eigenvalue weighted by molar-refractivity contribution is -0.144. The summed E-state index contributed by atoms with van der Waals surface area (Å²) in [4.78, 5) is 25.0. The molecule has 1 aliphatic rings. The first-order valence-electron chi connectivity index (χ1n) is 22.0. The fraction of sp³-hybridized carbons (Fsp3) is 0.708. The molecule has 0 saturated heterocycles. The van der Waals surface area contributed by atoms with E-state index in [0.29, 0.717) is 24.5 Å². The molecule has 3 rings (SSSR count). The van der Waals surface area contributed by atoms with Crippen LogP contribution >= 0.6 is 0 Å². The summed E-state index contributed by atoms with van der Waals surface area (Å²) in [6.45, 7) is 9.28. The van der Waals surface area contributed by atoms with Gasteiger partial charge in [-0.2, -0.15) is 0 Å². The Morgan fingerprint density at radius 1 is 0.604 bits per heavy atom. The Labute approximate surface area is 324 Å². The minimum Gasteiger partial charge on any atom is -0.490 e. The van der Waals surface area contributed by atoms with Crippen molar-refractivity contribution < 1.29 is 23.8 Å². The highest BCUT2D eigenvalue weighted by molar-refractivity contribution is 5.90. The number of rotatable bonds is 31. The summed E-state index contributed by atoms with van der Waals surface area (Å²) in [5.41, 5.74) is 2.85. The second-order valence-electron chi connectivity index (χ2n) is 16.7. The number of fused-ring (bicyclic) bond motifs is 1. The molecule has 0 fully saturated rings. The zero-order chi connectivity index (χ0) is 38.0. The Morgan fingerprint density at radius 3 is 1.51 bits per heavy atom. The molecule has 1 heterocycles. The molecule has 1 unspecified atom stereocenters. The number of ether oxygens (including phenoxy) is 3. The van der Waals surface area contributed by atoms with E-state index in [1.54, 1.807) is 0 Å². The molecule has 2 aromatic rings. The first-order valence-corrected chi connectivity index (χ1v) is 22.0. The molecular weight excluding hydrogens is 657 g/mol. The average molecular weight is 733 g/mol. The van der Waals surface area contributed by atoms with Gasteiger partial charge in [0.2, 0.25) is 0 Å². The van der Waals surface area contributed by atoms with E-state index in [1.807, 2.05) is 36.4 Å². The molecule has 1 aliphatic heterocycles. The third-order valence-electron chi connectivity index (χ3n) is 10.9. The van der Waals surface area contributed by atoms with E-state index in [1.165, 1.54) is 148 Å². The Hall–Kier alpha value is -2.82. The van der Waals surface area contributed by atoms with Gasteiger partial charge in [0, 0.05) is 12.0 Å². The number of hydrogen-bond acceptors (Lipinski definition) is 5. The van der Waals surface area contributed by atoms with Crippen molar-refractivity contribution >= 4 is 11.9 Å². The predicted octanol–water partition coefficient (Wildman–Crippen LogP) is 14.1. The highest BCUT2D eigenvalue weighted by Gasteiger charge is 2.38. The van der Waals surface area contributed by atoms with Crippen molar-refractivity contribution in [3.63, 3.8) is 0 Å². The Morgan fingerprint density at radius 2 is 1.06 bits per heavy atom. The zero-order valence-electron chi connectivity index (χ0n) is 34.5. The quantitative estimate of drug-likeness (QED) is 0.0439. The van der Waals surface area contributed by atoms with Gasteiger partial charge in [0.25, 0.3) is 0 Å². The molecule has 0 saturated carbocycles. The maximum Gasteiger partial charge on any atom is 0.323 e. The van der Waals surface area contributed by atoms with Crippen LogP contribution in [0.2, 0.25) is 0 Å². The molecule has 53 heavy (non-hydrogen) atoms. The van der Waals surface area contributed by atoms with E-state index in [-0.39, 0.29) is 24.0 Å². The second-order valence-corrected chi connectivity index (χ2v) is 16.7. The van der Waals surface area contributed by atoms with E-state index in [0.717, 1.165) is 29.5 Å². The lowest BCUT2D eigenvalue weighted by atomic mass is 9.78. The van der Waals surface area contributed by atoms with Gasteiger partial charge >= 0.3 is 11.9 Å². The van der Waals surface area contributed by atoms with Crippen LogP contribution in [0.25, 0.3) is 0 Å². The lowest BCUT2D eigenvalue weighted by Gasteiger charge is -2.23. The van der Waals surface area contributed by atoms with Gasteiger partial charge in [0.1, 0.15) is 30.6 Å². The zero-order valence-corrected chi connectivity index (χ0v) is 34.5. The Bertz CT molecular complexity index is 1260. The normalized spacial score (nSPS) is 14.0. The van der Waals surface area contributed by atoms with E-state index in [2.05, 4.69) is 33.8 Å². The molecule has 1 atom stereocenters. The highest BCUT2D eigenvalue weighted by atomic mass is 16.6. The van der Waals surface area contributed by atoms with Crippen molar-refractivity contribution in [2.75, 3.05) is 13.2 Å². The minimum atomic E-state index is -0.446. The van der Waals surface area contributed by atoms with Gasteiger partial charge in [-0.25, -0.2) is 0 Å². The Kier molecular flexibility index (Phi) is 22.6. The second kappa shape index (κ2) is 26.9. The fourth-order valence-corrected chi connectivity index (χ4v) is 7.72. The summed E-state index contributed by atoms with van der Waals surface area (Å²) < 4.78 is 16.8. The summed E-state index contributed by atoms with van der Waals surface area (Å²) in [7, 11) is 0. The van der Waals surface area contributed by atoms with Crippen LogP contribution in [-0.4, -0.2) is 25.2 Å². The third-order valence-corrected chi connectivity index (χ3v) is 10.9. The van der Waals surface area contributed by atoms with Crippen LogP contribution in [0.15, 0.2) is 42.5 Å². The third kappa shape index (κ3) is 18.4. The van der Waals surface area contributed by atoms with Crippen LogP contribution in [0, 0.1) is 0 Å². The Balaban J connectivity index is 1.07. The topological polar surface area (TPSA) is 61.8 Å². The van der Waals surface area contributed by atoms with E-state index < -0.39 is 5.92 Å². The van der Waals surface area contributed by atoms with Crippen molar-refractivity contribution in [2.45, 2.75) is 206 Å². The monoisotopic (exact) mass is 733 g/mol. The smallest absolute Gasteiger partial charge is 0.323 e. The maximum absolute atomic E-state index is 12.8. The van der Waals surface area contributed by atoms with Gasteiger partial charge in [-0.3, -0.25) is 9.59 Å². The van der Waals surface area contributed by atoms with Crippen molar-refractivity contribution in [2.24, 2.45) is 0 Å². The molecule has 0 radical (unpaired) electrons. The molecule has 298 valence electrons. The number of benzene rings is 2. The van der Waals surface area contributed by atoms with E-state index >= 15 is 0 Å². The maximum atomic E-state index is 12.8. The van der Waals surface area contributed by atoms with Gasteiger partial charge < -0.3 is 14.2 Å². The predicted molar refractivity (Wildman–Crippen MR) is 221 cm³/mol. The molecule has 2 aromatic carbocycles. The molecular formula is C48H76O5. The van der Waals surface area contributed by atoms with Crippen molar-refractivity contribution in [1.29, 1.82) is 0 Å². The summed E-state index contributed by atoms with van der Waals surface area (Å²) in [5, 5.41) is 0. The van der Waals surface area contributed by atoms with Gasteiger partial charge in [0.05, 0.1) is 0 Å². The molecule has 0 amide bonds. The van der Waals surface area contributed by atoms with Crippen molar-refractivity contribution in [3.05, 3.63) is 59.2 Å². The summed E-state index contributed by atoms with van der Waals surface area (Å²) in [5.74, 6) is 0.490. The number of carbonyl (C=O) groups excluding carboxylic acids is 2. The van der Waals surface area contributed by atoms with Gasteiger partial charge in [0.15, 0.2) is 0 Å². The largest absolute Gasteiger partial charge is 0.490 e. The molecule has 5 heteroatoms. The lowest BCUT2D eigenvalue weighted by Crippen LogP contribution is -2.17. The molecule has 0 bridgehead atoms. The molecule has 0 aliphatic carbocycles. The van der Waals surface area contributed by atoms with Crippen LogP contribution in [0.1, 0.15) is 217 Å². The van der Waals surface area contributed by atoms with Gasteiger partial charge in [-0.1, -0.05) is 206 Å². The van der Waals surface area contributed by atoms with Gasteiger partial charge in [-0.05, 0) is 41.2 Å². The molecule has 5 nitrogen and oxygen atoms in total. The van der Waals surface area contributed by atoms with E-state index in [4.69, 9.17) is 14.2 Å². The van der Waals surface area contributed by atoms with Crippen molar-refractivity contribution in [3.8, 4) is 11.5 Å². The number of unbranched alkanes of at least 4 members (excludes halogenated alkanes) is 24. The van der Waals surface area contributed by atoms with Crippen LogP contribution in [0.3, 0.4) is 0 Å². The average Bonchev–Trinajstić information content (AvgIpc) is 3.48. The van der Waals surface area contributed by atoms with Crippen LogP contribution in [-0.2, 0) is 19.7 Å². The van der Waals surface area contributed by atoms with Crippen LogP contribution < -0.4 is 9.47 Å². The summed E-state index contributed by atoms with van der Waals surface area (Å²) in [6, 6.07) is 13.5. The first kappa shape index (κ1) is 44.6. The van der Waals surface area contributed by atoms with Gasteiger partial charge in [-0.15, -0.1) is 0 Å². The number of carbonyl (C=O) groups is 2. The fourth-order valence-electron chi connectivity index (χ4n) is 7.72. The summed E-state index contributed by atoms with van der Waals surface area (Å²) in [6.07, 6.45) is 34.8. The van der Waals surface area contributed by atoms with Crippen molar-refractivity contribution in [1.82, 2.24) is 0 Å². The first-order chi connectivity index (χ1) is 25.8. The summed E-state index contributed by atoms with van der Waals surface area (Å²) >= 11 is 0. The van der Waals surface area contributed by atoms with Crippen LogP contribution in [0.4, 0.5) is 0 Å². The van der Waals surface area contributed by atoms with Crippen LogP contribution in [0.5, 0.6) is 11.5 Å². The standard InChI is InChI=1S/C48H76O5/c1-5-6-7-8-9-10-11-12-13-14-15-16-17-18-19-20-21-22-23-24-25-26-27-28-29-33-44(49)52-39-38-51-41-36-34-40(35-37-41)45-46-42(48(2,3)4)31-30-32-43(46)53-47(45)50/h30-32,34-37,45H,5-29,33,38-39H2,1-4H3. The minimum absolute atomic E-state index is 0.109. The molecule has 0 spiro atoms. The SMILES string of the molecule is CCCCCCCCCCCCCCCCCCCCCCCCCCCC(=O)OCCOc1ccc(C2C(=O)Oc3cccc(C(C)(C)C)c32)cc1. The number of esters is 2.